The van der Waals surface area contributed by atoms with Crippen LogP contribution in [0.5, 0.6) is 5.75 Å². The van der Waals surface area contributed by atoms with Gasteiger partial charge in [0.15, 0.2) is 0 Å². The number of aliphatic carboxylic acids is 1. The molecule has 0 fully saturated rings. The number of amides is 1. The van der Waals surface area contributed by atoms with E-state index in [4.69, 9.17) is 15.6 Å². The highest BCUT2D eigenvalue weighted by atomic mass is 16.5. The molecular formula is C13H15NO4. The number of primary amides is 1. The predicted octanol–water partition coefficient (Wildman–Crippen LogP) is 1.28. The number of carboxylic acids is 1. The molecule has 0 aliphatic carbocycles. The highest BCUT2D eigenvalue weighted by Gasteiger charge is 2.10. The molecule has 1 atom stereocenters. The first-order chi connectivity index (χ1) is 8.50. The lowest BCUT2D eigenvalue weighted by atomic mass is 10.1. The molecule has 18 heavy (non-hydrogen) atoms. The molecule has 1 aromatic carbocycles. The molecule has 0 aliphatic rings. The molecule has 1 rings (SSSR count). The van der Waals surface area contributed by atoms with E-state index in [0.29, 0.717) is 11.3 Å². The molecule has 0 spiro atoms. The largest absolute Gasteiger partial charge is 0.492 e. The van der Waals surface area contributed by atoms with Crippen LogP contribution in [0.2, 0.25) is 0 Å². The average Bonchev–Trinajstić information content (AvgIpc) is 2.34. The van der Waals surface area contributed by atoms with Crippen LogP contribution < -0.4 is 10.5 Å². The third-order valence-electron chi connectivity index (χ3n) is 2.30. The van der Waals surface area contributed by atoms with Crippen LogP contribution in [-0.4, -0.2) is 23.6 Å². The maximum absolute atomic E-state index is 10.9. The van der Waals surface area contributed by atoms with Crippen molar-refractivity contribution in [2.75, 3.05) is 6.61 Å². The fourth-order valence-electron chi connectivity index (χ4n) is 1.21. The van der Waals surface area contributed by atoms with Gasteiger partial charge in [-0.05, 0) is 12.1 Å². The van der Waals surface area contributed by atoms with E-state index in [1.165, 1.54) is 6.08 Å². The summed E-state index contributed by atoms with van der Waals surface area (Å²) in [7, 11) is 0. The molecule has 1 aromatic rings. The Morgan fingerprint density at radius 1 is 1.44 bits per heavy atom. The van der Waals surface area contributed by atoms with Gasteiger partial charge in [0.25, 0.3) is 0 Å². The summed E-state index contributed by atoms with van der Waals surface area (Å²) < 4.78 is 5.45. The van der Waals surface area contributed by atoms with Gasteiger partial charge in [0.2, 0.25) is 5.91 Å². The zero-order chi connectivity index (χ0) is 13.5. The summed E-state index contributed by atoms with van der Waals surface area (Å²) in [5.74, 6) is -1.35. The van der Waals surface area contributed by atoms with Gasteiger partial charge in [-0.2, -0.15) is 0 Å². The van der Waals surface area contributed by atoms with Crippen LogP contribution in [0.4, 0.5) is 0 Å². The number of benzene rings is 1. The summed E-state index contributed by atoms with van der Waals surface area (Å²) in [6.45, 7) is 1.82. The Hall–Kier alpha value is -2.30. The van der Waals surface area contributed by atoms with Gasteiger partial charge < -0.3 is 15.6 Å². The minimum absolute atomic E-state index is 0.160. The monoisotopic (exact) mass is 249 g/mol. The van der Waals surface area contributed by atoms with Crippen molar-refractivity contribution in [1.82, 2.24) is 0 Å². The third kappa shape index (κ3) is 4.29. The molecular weight excluding hydrogens is 234 g/mol. The number of carbonyl (C=O) groups excluding carboxylic acids is 1. The molecule has 1 unspecified atom stereocenters. The maximum atomic E-state index is 10.9. The Morgan fingerprint density at radius 2 is 2.11 bits per heavy atom. The Kier molecular flexibility index (Phi) is 4.92. The topological polar surface area (TPSA) is 89.6 Å². The van der Waals surface area contributed by atoms with Crippen molar-refractivity contribution < 1.29 is 19.4 Å². The number of ether oxygens (including phenoxy) is 1. The number of carbonyl (C=O) groups is 2. The summed E-state index contributed by atoms with van der Waals surface area (Å²) in [4.78, 5) is 21.3. The number of para-hydroxylation sites is 1. The molecule has 0 bridgehead atoms. The van der Waals surface area contributed by atoms with E-state index >= 15 is 0 Å². The van der Waals surface area contributed by atoms with E-state index < -0.39 is 17.8 Å². The Morgan fingerprint density at radius 3 is 2.72 bits per heavy atom. The van der Waals surface area contributed by atoms with E-state index in [1.807, 2.05) is 0 Å². The molecule has 0 saturated heterocycles. The van der Waals surface area contributed by atoms with Gasteiger partial charge in [-0.1, -0.05) is 25.1 Å². The van der Waals surface area contributed by atoms with Crippen molar-refractivity contribution >= 4 is 18.0 Å². The summed E-state index contributed by atoms with van der Waals surface area (Å²) in [6.07, 6.45) is 2.46. The molecule has 3 N–H and O–H groups in total. The molecule has 0 saturated carbocycles. The zero-order valence-corrected chi connectivity index (χ0v) is 10.00. The fraction of sp³-hybridized carbons (Fsp3) is 0.231. The first-order valence-electron chi connectivity index (χ1n) is 5.43. The van der Waals surface area contributed by atoms with Gasteiger partial charge in [-0.15, -0.1) is 0 Å². The highest BCUT2D eigenvalue weighted by molar-refractivity contribution is 5.85. The number of carboxylic acid groups (broad SMARTS) is 1. The first kappa shape index (κ1) is 13.8. The molecule has 5 nitrogen and oxygen atoms in total. The highest BCUT2D eigenvalue weighted by Crippen LogP contribution is 2.20. The van der Waals surface area contributed by atoms with E-state index in [2.05, 4.69) is 0 Å². The van der Waals surface area contributed by atoms with Crippen LogP contribution in [0.1, 0.15) is 12.5 Å². The lowest BCUT2D eigenvalue weighted by molar-refractivity contribution is -0.131. The van der Waals surface area contributed by atoms with Crippen LogP contribution in [0, 0.1) is 5.92 Å². The third-order valence-corrected chi connectivity index (χ3v) is 2.30. The van der Waals surface area contributed by atoms with Crippen molar-refractivity contribution in [2.24, 2.45) is 11.7 Å². The Balaban J connectivity index is 2.76. The summed E-state index contributed by atoms with van der Waals surface area (Å²) in [5.41, 5.74) is 5.76. The van der Waals surface area contributed by atoms with E-state index in [1.54, 1.807) is 31.2 Å². The molecule has 0 heterocycles. The average molecular weight is 249 g/mol. The Bertz CT molecular complexity index is 468. The second-order valence-corrected chi connectivity index (χ2v) is 3.82. The van der Waals surface area contributed by atoms with Crippen molar-refractivity contribution in [1.29, 1.82) is 0 Å². The molecule has 5 heteroatoms. The van der Waals surface area contributed by atoms with Crippen molar-refractivity contribution in [3.63, 3.8) is 0 Å². The number of hydrogen-bond acceptors (Lipinski definition) is 3. The molecule has 0 radical (unpaired) electrons. The van der Waals surface area contributed by atoms with Crippen LogP contribution in [-0.2, 0) is 9.59 Å². The van der Waals surface area contributed by atoms with Crippen molar-refractivity contribution in [3.05, 3.63) is 35.9 Å². The van der Waals surface area contributed by atoms with Gasteiger partial charge >= 0.3 is 5.97 Å². The van der Waals surface area contributed by atoms with Crippen LogP contribution in [0.3, 0.4) is 0 Å². The van der Waals surface area contributed by atoms with E-state index in [-0.39, 0.29) is 6.61 Å². The lowest BCUT2D eigenvalue weighted by Gasteiger charge is -2.11. The fourth-order valence-corrected chi connectivity index (χ4v) is 1.21. The number of nitrogens with two attached hydrogens (primary N) is 1. The van der Waals surface area contributed by atoms with Gasteiger partial charge in [0.05, 0.1) is 12.5 Å². The quantitative estimate of drug-likeness (QED) is 0.743. The molecule has 1 amide bonds. The first-order valence-corrected chi connectivity index (χ1v) is 5.43. The molecule has 96 valence electrons. The number of hydrogen-bond donors (Lipinski definition) is 2. The smallest absolute Gasteiger partial charge is 0.328 e. The summed E-state index contributed by atoms with van der Waals surface area (Å²) in [6, 6.07) is 6.97. The molecule has 0 aromatic heterocycles. The molecule has 0 aliphatic heterocycles. The normalized spacial score (nSPS) is 12.3. The van der Waals surface area contributed by atoms with Crippen molar-refractivity contribution in [3.8, 4) is 5.75 Å². The van der Waals surface area contributed by atoms with Crippen molar-refractivity contribution in [2.45, 2.75) is 6.92 Å². The SMILES string of the molecule is CC(COc1ccccc1/C=C/C(=O)O)C(N)=O. The lowest BCUT2D eigenvalue weighted by Crippen LogP contribution is -2.25. The second-order valence-electron chi connectivity index (χ2n) is 3.82. The zero-order valence-electron chi connectivity index (χ0n) is 10.00. The summed E-state index contributed by atoms with van der Waals surface area (Å²) >= 11 is 0. The van der Waals surface area contributed by atoms with Crippen LogP contribution in [0.25, 0.3) is 6.08 Å². The Labute approximate surface area is 105 Å². The number of rotatable bonds is 6. The van der Waals surface area contributed by atoms with Gasteiger partial charge in [-0.3, -0.25) is 4.79 Å². The predicted molar refractivity (Wildman–Crippen MR) is 67.0 cm³/mol. The van der Waals surface area contributed by atoms with Gasteiger partial charge in [-0.25, -0.2) is 4.79 Å². The minimum Gasteiger partial charge on any atom is -0.492 e. The van der Waals surface area contributed by atoms with E-state index in [9.17, 15) is 9.59 Å². The maximum Gasteiger partial charge on any atom is 0.328 e. The van der Waals surface area contributed by atoms with Gasteiger partial charge in [0, 0.05) is 11.6 Å². The van der Waals surface area contributed by atoms with E-state index in [0.717, 1.165) is 6.08 Å². The summed E-state index contributed by atoms with van der Waals surface area (Å²) in [5, 5.41) is 8.57. The van der Waals surface area contributed by atoms with Crippen LogP contribution >= 0.6 is 0 Å². The minimum atomic E-state index is -1.03. The standard InChI is InChI=1S/C13H15NO4/c1-9(13(14)17)8-18-11-5-3-2-4-10(11)6-7-12(15)16/h2-7,9H,8H2,1H3,(H2,14,17)(H,15,16)/b7-6+. The second kappa shape index (κ2) is 6.44. The van der Waals surface area contributed by atoms with Gasteiger partial charge in [0.1, 0.15) is 5.75 Å². The van der Waals surface area contributed by atoms with Crippen LogP contribution in [0.15, 0.2) is 30.3 Å².